The number of hydrogen-bond acceptors (Lipinski definition) is 8. The monoisotopic (exact) mass is 499 g/mol. The molecule has 3 heterocycles. The number of esters is 1. The summed E-state index contributed by atoms with van der Waals surface area (Å²) in [7, 11) is 1.27. The lowest BCUT2D eigenvalue weighted by molar-refractivity contribution is -0.140. The molecule has 10 heteroatoms. The highest BCUT2D eigenvalue weighted by molar-refractivity contribution is 5.71. The molecule has 0 aliphatic heterocycles. The lowest BCUT2D eigenvalue weighted by Gasteiger charge is -2.20. The van der Waals surface area contributed by atoms with E-state index in [4.69, 9.17) is 9.47 Å². The van der Waals surface area contributed by atoms with E-state index in [0.29, 0.717) is 30.0 Å². The van der Waals surface area contributed by atoms with Crippen LogP contribution in [0.3, 0.4) is 0 Å². The first-order valence-corrected chi connectivity index (χ1v) is 11.5. The molecule has 0 bridgehead atoms. The molecule has 0 saturated heterocycles. The lowest BCUT2D eigenvalue weighted by atomic mass is 9.88. The highest BCUT2D eigenvalue weighted by Crippen LogP contribution is 2.34. The van der Waals surface area contributed by atoms with Gasteiger partial charge >= 0.3 is 5.97 Å². The van der Waals surface area contributed by atoms with Crippen molar-refractivity contribution < 1.29 is 19.4 Å². The van der Waals surface area contributed by atoms with Crippen LogP contribution in [0.2, 0.25) is 0 Å². The van der Waals surface area contributed by atoms with Crippen molar-refractivity contribution in [2.75, 3.05) is 7.11 Å². The number of imidazole rings is 1. The van der Waals surface area contributed by atoms with Gasteiger partial charge in [-0.25, -0.2) is 9.97 Å². The number of H-pyrrole nitrogens is 1. The Morgan fingerprint density at radius 2 is 2.05 bits per heavy atom. The molecule has 10 nitrogen and oxygen atoms in total. The Labute approximate surface area is 212 Å². The highest BCUT2D eigenvalue weighted by Gasteiger charge is 2.26. The largest absolute Gasteiger partial charge is 0.507 e. The Hall–Kier alpha value is -4.91. The normalized spacial score (nSPS) is 11.5. The first-order valence-electron chi connectivity index (χ1n) is 11.5. The quantitative estimate of drug-likeness (QED) is 0.333. The second-order valence-electron chi connectivity index (χ2n) is 8.34. The molecule has 0 fully saturated rings. The molecule has 3 aromatic heterocycles. The Morgan fingerprint density at radius 1 is 1.27 bits per heavy atom. The van der Waals surface area contributed by atoms with Crippen molar-refractivity contribution in [3.05, 3.63) is 99.6 Å². The van der Waals surface area contributed by atoms with Gasteiger partial charge in [0.05, 0.1) is 25.4 Å². The maximum atomic E-state index is 13.6. The van der Waals surface area contributed by atoms with Gasteiger partial charge in [-0.15, -0.1) is 0 Å². The average Bonchev–Trinajstić information content (AvgIpc) is 3.42. The molecule has 0 spiro atoms. The fraction of sp³-hybridized carbons (Fsp3) is 0.222. The first-order chi connectivity index (χ1) is 17.9. The molecular formula is C27H25N5O5. The van der Waals surface area contributed by atoms with E-state index < -0.39 is 17.4 Å². The van der Waals surface area contributed by atoms with Crippen LogP contribution in [0.15, 0.2) is 66.0 Å². The van der Waals surface area contributed by atoms with Crippen molar-refractivity contribution in [1.82, 2.24) is 19.5 Å². The van der Waals surface area contributed by atoms with Gasteiger partial charge in [-0.1, -0.05) is 12.1 Å². The second kappa shape index (κ2) is 11.2. The fourth-order valence-electron chi connectivity index (χ4n) is 4.10. The van der Waals surface area contributed by atoms with Crippen LogP contribution in [0.25, 0.3) is 0 Å². The van der Waals surface area contributed by atoms with Crippen molar-refractivity contribution >= 4 is 5.97 Å². The molecule has 0 aliphatic rings. The van der Waals surface area contributed by atoms with E-state index in [1.54, 1.807) is 60.4 Å². The number of aromatic nitrogens is 4. The number of nitrogens with one attached hydrogen (secondary N) is 1. The third-order valence-electron chi connectivity index (χ3n) is 6.02. The molecule has 188 valence electrons. The lowest BCUT2D eigenvalue weighted by Crippen LogP contribution is -2.29. The number of nitrogens with zero attached hydrogens (tertiary/aromatic N) is 4. The number of nitriles is 1. The van der Waals surface area contributed by atoms with Crippen LogP contribution in [0.4, 0.5) is 0 Å². The molecule has 4 aromatic rings. The number of pyridine rings is 2. The Balaban J connectivity index is 1.69. The maximum absolute atomic E-state index is 13.6. The molecule has 2 N–H and O–H groups in total. The molecule has 37 heavy (non-hydrogen) atoms. The number of methoxy groups -OCH3 is 1. The number of benzene rings is 1. The Morgan fingerprint density at radius 3 is 2.73 bits per heavy atom. The van der Waals surface area contributed by atoms with Crippen LogP contribution in [0.1, 0.15) is 40.4 Å². The standard InChI is InChI=1S/C27H25N5O5/c1-17-12-23(33)25(27(35)32(17)11-9-20-15-29-16-31-20)22(13-24(34)36-2)18-5-7-21(8-6-18)37-26-19(14-28)4-3-10-30-26/h3-8,10,12,15-16,22,33H,9,11,13H2,1-2H3,(H,29,31)/t22-/m1/s1. The second-order valence-corrected chi connectivity index (χ2v) is 8.34. The Bertz CT molecular complexity index is 1490. The number of aryl methyl sites for hydroxylation is 2. The molecule has 4 rings (SSSR count). The number of hydrogen-bond donors (Lipinski definition) is 2. The minimum Gasteiger partial charge on any atom is -0.507 e. The van der Waals surface area contributed by atoms with Crippen LogP contribution >= 0.6 is 0 Å². The van der Waals surface area contributed by atoms with Crippen LogP contribution in [0, 0.1) is 18.3 Å². The summed E-state index contributed by atoms with van der Waals surface area (Å²) in [5.74, 6) is -0.902. The van der Waals surface area contributed by atoms with Gasteiger partial charge in [0.15, 0.2) is 0 Å². The van der Waals surface area contributed by atoms with Gasteiger partial charge in [0.25, 0.3) is 5.56 Å². The summed E-state index contributed by atoms with van der Waals surface area (Å²) in [5.41, 5.74) is 2.07. The minimum atomic E-state index is -0.766. The van der Waals surface area contributed by atoms with E-state index in [0.717, 1.165) is 5.69 Å². The zero-order chi connectivity index (χ0) is 26.4. The number of ether oxygens (including phenoxy) is 2. The number of carbonyl (C=O) groups excluding carboxylic acids is 1. The summed E-state index contributed by atoms with van der Waals surface area (Å²) in [5, 5.41) is 20.1. The predicted octanol–water partition coefficient (Wildman–Crippen LogP) is 3.58. The fourth-order valence-corrected chi connectivity index (χ4v) is 4.10. The van der Waals surface area contributed by atoms with Crippen molar-refractivity contribution in [3.63, 3.8) is 0 Å². The summed E-state index contributed by atoms with van der Waals surface area (Å²) in [6.07, 6.45) is 5.17. The van der Waals surface area contributed by atoms with Gasteiger partial charge in [0.1, 0.15) is 23.1 Å². The minimum absolute atomic E-state index is 0.103. The topological polar surface area (TPSA) is 143 Å². The van der Waals surface area contributed by atoms with E-state index in [1.165, 1.54) is 19.4 Å². The molecule has 0 unspecified atom stereocenters. The first kappa shape index (κ1) is 25.2. The molecular weight excluding hydrogens is 474 g/mol. The number of aromatic hydroxyl groups is 1. The summed E-state index contributed by atoms with van der Waals surface area (Å²) in [6.45, 7) is 2.11. The third kappa shape index (κ3) is 5.67. The smallest absolute Gasteiger partial charge is 0.306 e. The van der Waals surface area contributed by atoms with Crippen LogP contribution in [-0.2, 0) is 22.5 Å². The van der Waals surface area contributed by atoms with Crippen LogP contribution in [-0.4, -0.2) is 37.7 Å². The van der Waals surface area contributed by atoms with E-state index in [9.17, 15) is 20.0 Å². The van der Waals surface area contributed by atoms with Gasteiger partial charge in [0, 0.05) is 42.7 Å². The highest BCUT2D eigenvalue weighted by atomic mass is 16.5. The Kier molecular flexibility index (Phi) is 7.64. The molecule has 0 radical (unpaired) electrons. The summed E-state index contributed by atoms with van der Waals surface area (Å²) >= 11 is 0. The van der Waals surface area contributed by atoms with Crippen molar-refractivity contribution in [3.8, 4) is 23.4 Å². The number of rotatable bonds is 9. The predicted molar refractivity (Wildman–Crippen MR) is 133 cm³/mol. The summed E-state index contributed by atoms with van der Waals surface area (Å²) < 4.78 is 12.2. The summed E-state index contributed by atoms with van der Waals surface area (Å²) in [4.78, 5) is 37.0. The van der Waals surface area contributed by atoms with Gasteiger partial charge < -0.3 is 24.1 Å². The molecule has 0 amide bonds. The number of aromatic amines is 1. The number of carbonyl (C=O) groups is 1. The molecule has 0 aliphatic carbocycles. The van der Waals surface area contributed by atoms with Crippen LogP contribution < -0.4 is 10.3 Å². The van der Waals surface area contributed by atoms with Gasteiger partial charge in [0.2, 0.25) is 5.88 Å². The average molecular weight is 500 g/mol. The SMILES string of the molecule is COC(=O)C[C@H](c1ccc(Oc2ncccc2C#N)cc1)c1c(O)cc(C)n(CCc2cnc[nH]2)c1=O. The molecule has 1 atom stereocenters. The molecule has 0 saturated carbocycles. The van der Waals surface area contributed by atoms with Crippen molar-refractivity contribution in [2.45, 2.75) is 32.2 Å². The summed E-state index contributed by atoms with van der Waals surface area (Å²) in [6, 6.07) is 13.5. The third-order valence-corrected chi connectivity index (χ3v) is 6.02. The molecule has 1 aromatic carbocycles. The van der Waals surface area contributed by atoms with Gasteiger partial charge in [-0.05, 0) is 42.8 Å². The van der Waals surface area contributed by atoms with Crippen molar-refractivity contribution in [1.29, 1.82) is 5.26 Å². The maximum Gasteiger partial charge on any atom is 0.306 e. The van der Waals surface area contributed by atoms with E-state index in [-0.39, 0.29) is 29.2 Å². The van der Waals surface area contributed by atoms with E-state index in [2.05, 4.69) is 15.0 Å². The van der Waals surface area contributed by atoms with E-state index in [1.807, 2.05) is 6.07 Å². The van der Waals surface area contributed by atoms with E-state index >= 15 is 0 Å². The zero-order valence-electron chi connectivity index (χ0n) is 20.3. The van der Waals surface area contributed by atoms with Crippen LogP contribution in [0.5, 0.6) is 17.4 Å². The zero-order valence-corrected chi connectivity index (χ0v) is 20.3. The van der Waals surface area contributed by atoms with Crippen molar-refractivity contribution in [2.24, 2.45) is 0 Å². The van der Waals surface area contributed by atoms with Gasteiger partial charge in [-0.3, -0.25) is 9.59 Å². The van der Waals surface area contributed by atoms with Gasteiger partial charge in [-0.2, -0.15) is 5.26 Å².